The lowest BCUT2D eigenvalue weighted by molar-refractivity contribution is 0.631. The van der Waals surface area contributed by atoms with E-state index in [0.29, 0.717) is 10.9 Å². The number of aromatic amines is 1. The number of aromatic nitrogens is 3. The fraction of sp³-hybridized carbons (Fsp3) is 0. The molecular weight excluding hydrogens is 261 g/mol. The molecule has 5 N–H and O–H groups in total. The van der Waals surface area contributed by atoms with Crippen LogP contribution in [0.1, 0.15) is 0 Å². The van der Waals surface area contributed by atoms with Gasteiger partial charge in [-0.3, -0.25) is 4.79 Å². The molecule has 20 heavy (non-hydrogen) atoms. The third-order valence-corrected chi connectivity index (χ3v) is 2.90. The maximum atomic E-state index is 13.9. The van der Waals surface area contributed by atoms with Gasteiger partial charge in [0.1, 0.15) is 17.3 Å². The molecule has 0 saturated carbocycles. The fourth-order valence-electron chi connectivity index (χ4n) is 2.10. The molecule has 0 spiro atoms. The summed E-state index contributed by atoms with van der Waals surface area (Å²) < 4.78 is 13.9. The van der Waals surface area contributed by atoms with Gasteiger partial charge in [-0.05, 0) is 6.07 Å². The summed E-state index contributed by atoms with van der Waals surface area (Å²) in [5.74, 6) is -0.436. The molecular formula is C13H10FN5O. The number of benzene rings is 1. The van der Waals surface area contributed by atoms with Crippen molar-refractivity contribution in [2.75, 3.05) is 11.5 Å². The Morgan fingerprint density at radius 3 is 2.60 bits per heavy atom. The lowest BCUT2D eigenvalue weighted by atomic mass is 10.0. The van der Waals surface area contributed by atoms with E-state index in [0.717, 1.165) is 0 Å². The van der Waals surface area contributed by atoms with Crippen molar-refractivity contribution in [2.24, 2.45) is 0 Å². The van der Waals surface area contributed by atoms with E-state index in [2.05, 4.69) is 15.0 Å². The van der Waals surface area contributed by atoms with E-state index in [4.69, 9.17) is 11.5 Å². The van der Waals surface area contributed by atoms with Crippen molar-refractivity contribution in [3.05, 3.63) is 46.5 Å². The molecule has 0 aliphatic carbocycles. The Morgan fingerprint density at radius 2 is 1.85 bits per heavy atom. The van der Waals surface area contributed by atoms with Crippen LogP contribution in [-0.4, -0.2) is 15.0 Å². The van der Waals surface area contributed by atoms with Gasteiger partial charge >= 0.3 is 0 Å². The Bertz CT molecular complexity index is 874. The topological polar surface area (TPSA) is 111 Å². The first-order valence-corrected chi connectivity index (χ1v) is 5.77. The van der Waals surface area contributed by atoms with Crippen molar-refractivity contribution in [1.29, 1.82) is 0 Å². The van der Waals surface area contributed by atoms with Gasteiger partial charge < -0.3 is 16.5 Å². The van der Waals surface area contributed by atoms with Gasteiger partial charge in [0.15, 0.2) is 0 Å². The molecule has 3 aromatic rings. The van der Waals surface area contributed by atoms with E-state index in [9.17, 15) is 9.18 Å². The third-order valence-electron chi connectivity index (χ3n) is 2.90. The number of hydrogen-bond acceptors (Lipinski definition) is 5. The maximum absolute atomic E-state index is 13.9. The summed E-state index contributed by atoms with van der Waals surface area (Å²) in [6.45, 7) is 0. The van der Waals surface area contributed by atoms with Crippen LogP contribution in [0, 0.1) is 5.82 Å². The number of nitrogens with two attached hydrogens (primary N) is 2. The first-order chi connectivity index (χ1) is 9.56. The van der Waals surface area contributed by atoms with E-state index in [1.54, 1.807) is 18.2 Å². The molecule has 0 atom stereocenters. The second-order valence-electron chi connectivity index (χ2n) is 4.22. The number of nitrogens with zero attached hydrogens (tertiary/aromatic N) is 2. The highest BCUT2D eigenvalue weighted by atomic mass is 19.1. The Labute approximate surface area is 112 Å². The molecule has 0 aliphatic rings. The Morgan fingerprint density at radius 1 is 1.10 bits per heavy atom. The van der Waals surface area contributed by atoms with E-state index in [-0.39, 0.29) is 23.0 Å². The summed E-state index contributed by atoms with van der Waals surface area (Å²) in [6, 6.07) is 7.35. The number of hydrogen-bond donors (Lipinski definition) is 3. The predicted molar refractivity (Wildman–Crippen MR) is 74.4 cm³/mol. The van der Waals surface area contributed by atoms with Gasteiger partial charge in [-0.2, -0.15) is 9.97 Å². The summed E-state index contributed by atoms with van der Waals surface area (Å²) >= 11 is 0. The smallest absolute Gasteiger partial charge is 0.250 e. The van der Waals surface area contributed by atoms with Crippen LogP contribution in [0.25, 0.3) is 22.2 Å². The molecule has 1 aromatic carbocycles. The fourth-order valence-corrected chi connectivity index (χ4v) is 2.10. The first-order valence-electron chi connectivity index (χ1n) is 5.77. The second-order valence-corrected chi connectivity index (χ2v) is 4.22. The van der Waals surface area contributed by atoms with Gasteiger partial charge in [-0.15, -0.1) is 0 Å². The summed E-state index contributed by atoms with van der Waals surface area (Å²) in [6.07, 6.45) is 0. The Balaban J connectivity index is 2.48. The number of rotatable bonds is 1. The molecule has 0 amide bonds. The molecule has 0 aliphatic heterocycles. The summed E-state index contributed by atoms with van der Waals surface area (Å²) in [5, 5.41) is 0.365. The zero-order chi connectivity index (χ0) is 14.3. The number of nitrogens with one attached hydrogen (secondary N) is 1. The summed E-state index contributed by atoms with van der Waals surface area (Å²) in [4.78, 5) is 22.0. The molecule has 2 aromatic heterocycles. The zero-order valence-electron chi connectivity index (χ0n) is 10.2. The van der Waals surface area contributed by atoms with Gasteiger partial charge in [0.2, 0.25) is 11.5 Å². The van der Waals surface area contributed by atoms with E-state index < -0.39 is 11.4 Å². The number of H-pyrrole nitrogens is 1. The van der Waals surface area contributed by atoms with E-state index in [1.165, 1.54) is 12.1 Å². The Hall–Kier alpha value is -2.96. The molecule has 0 saturated heterocycles. The predicted octanol–water partition coefficient (Wildman–Crippen LogP) is 1.29. The van der Waals surface area contributed by atoms with Crippen molar-refractivity contribution in [1.82, 2.24) is 15.0 Å². The standard InChI is InChI=1S/C13H10FN5O/c14-8-4-2-1-3-6(8)7-5-9(20)17-12-10(7)11(15)18-13(16)19-12/h1-5H,(H5,15,16,17,18,19,20). The number of nitrogen functional groups attached to an aromatic ring is 2. The van der Waals surface area contributed by atoms with Crippen molar-refractivity contribution < 1.29 is 4.39 Å². The van der Waals surface area contributed by atoms with Crippen molar-refractivity contribution in [3.8, 4) is 11.1 Å². The highest BCUT2D eigenvalue weighted by Crippen LogP contribution is 2.30. The average Bonchev–Trinajstić information content (AvgIpc) is 2.37. The van der Waals surface area contributed by atoms with Crippen molar-refractivity contribution >= 4 is 22.8 Å². The van der Waals surface area contributed by atoms with Crippen LogP contribution in [0.15, 0.2) is 35.1 Å². The Kier molecular flexibility index (Phi) is 2.60. The molecule has 0 radical (unpaired) electrons. The molecule has 7 heteroatoms. The summed E-state index contributed by atoms with van der Waals surface area (Å²) in [5.41, 5.74) is 11.7. The van der Waals surface area contributed by atoms with Crippen LogP contribution in [0.5, 0.6) is 0 Å². The zero-order valence-corrected chi connectivity index (χ0v) is 10.2. The number of fused-ring (bicyclic) bond motifs is 1. The monoisotopic (exact) mass is 271 g/mol. The van der Waals surface area contributed by atoms with Gasteiger partial charge in [0.25, 0.3) is 0 Å². The lowest BCUT2D eigenvalue weighted by Gasteiger charge is -2.09. The van der Waals surface area contributed by atoms with Crippen LogP contribution in [0.4, 0.5) is 16.2 Å². The summed E-state index contributed by atoms with van der Waals surface area (Å²) in [7, 11) is 0. The number of anilines is 2. The van der Waals surface area contributed by atoms with Gasteiger partial charge in [0.05, 0.1) is 5.39 Å². The van der Waals surface area contributed by atoms with Crippen molar-refractivity contribution in [3.63, 3.8) is 0 Å². The maximum Gasteiger partial charge on any atom is 0.250 e. The van der Waals surface area contributed by atoms with E-state index >= 15 is 0 Å². The van der Waals surface area contributed by atoms with Crippen LogP contribution < -0.4 is 17.0 Å². The number of pyridine rings is 1. The highest BCUT2D eigenvalue weighted by Gasteiger charge is 2.14. The molecule has 0 unspecified atom stereocenters. The normalized spacial score (nSPS) is 10.8. The van der Waals surface area contributed by atoms with E-state index in [1.807, 2.05) is 0 Å². The minimum atomic E-state index is -0.462. The molecule has 0 fully saturated rings. The first kappa shape index (κ1) is 12.1. The SMILES string of the molecule is Nc1nc(N)c2c(-c3ccccc3F)cc(=O)[nH]c2n1. The second kappa shape index (κ2) is 4.30. The molecule has 100 valence electrons. The van der Waals surface area contributed by atoms with Crippen LogP contribution in [-0.2, 0) is 0 Å². The highest BCUT2D eigenvalue weighted by molar-refractivity contribution is 5.99. The van der Waals surface area contributed by atoms with Crippen LogP contribution >= 0.6 is 0 Å². The lowest BCUT2D eigenvalue weighted by Crippen LogP contribution is -2.10. The van der Waals surface area contributed by atoms with Gasteiger partial charge in [0, 0.05) is 17.2 Å². The average molecular weight is 271 g/mol. The van der Waals surface area contributed by atoms with Crippen LogP contribution in [0.2, 0.25) is 0 Å². The van der Waals surface area contributed by atoms with Gasteiger partial charge in [-0.1, -0.05) is 18.2 Å². The molecule has 2 heterocycles. The quantitative estimate of drug-likeness (QED) is 0.617. The third kappa shape index (κ3) is 1.85. The largest absolute Gasteiger partial charge is 0.383 e. The molecule has 6 nitrogen and oxygen atoms in total. The van der Waals surface area contributed by atoms with Gasteiger partial charge in [-0.25, -0.2) is 4.39 Å². The van der Waals surface area contributed by atoms with Crippen LogP contribution in [0.3, 0.4) is 0 Å². The molecule has 3 rings (SSSR count). The van der Waals surface area contributed by atoms with Crippen molar-refractivity contribution in [2.45, 2.75) is 0 Å². The minimum Gasteiger partial charge on any atom is -0.383 e. The minimum absolute atomic E-state index is 0.0590. The number of halogens is 1. The molecule has 0 bridgehead atoms.